The molecular weight excluding hydrogens is 1360 g/mol. The zero-order valence-electron chi connectivity index (χ0n) is 72.3. The van der Waals surface area contributed by atoms with E-state index < -0.39 is 0 Å². The van der Waals surface area contributed by atoms with Crippen LogP contribution in [0, 0.1) is 113 Å². The van der Waals surface area contributed by atoms with Crippen LogP contribution in [0.4, 0.5) is 0 Å². The Hall–Kier alpha value is -10.4. The van der Waals surface area contributed by atoms with Crippen molar-refractivity contribution in [2.75, 3.05) is 26.2 Å². The number of cyclic esters (lactones) is 1. The Kier molecular flexibility index (Phi) is 37.2. The van der Waals surface area contributed by atoms with Crippen molar-refractivity contribution in [1.29, 1.82) is 0 Å². The fraction of sp³-hybridized carbons (Fsp3) is 0.511. The number of H-pyrrole nitrogens is 2. The molecule has 1 atom stereocenters. The summed E-state index contributed by atoms with van der Waals surface area (Å²) in [6, 6.07) is 5.60. The summed E-state index contributed by atoms with van der Waals surface area (Å²) in [6.45, 7) is 70.0. The maximum absolute atomic E-state index is 11.3. The van der Waals surface area contributed by atoms with E-state index in [0.29, 0.717) is 11.5 Å². The predicted octanol–water partition coefficient (Wildman–Crippen LogP) is 20.0. The number of aromatic amines is 2. The van der Waals surface area contributed by atoms with Crippen molar-refractivity contribution in [2.24, 2.45) is 47.0 Å². The van der Waals surface area contributed by atoms with Crippen LogP contribution < -0.4 is 0 Å². The topological polar surface area (TPSA) is 205 Å². The number of carbonyl (C=O) groups excluding carboxylic acids is 2. The number of ether oxygens (including phenoxy) is 1. The quantitative estimate of drug-likeness (QED) is 0.137. The predicted molar refractivity (Wildman–Crippen MR) is 462 cm³/mol. The zero-order chi connectivity index (χ0) is 84.8. The maximum atomic E-state index is 11.3. The van der Waals surface area contributed by atoms with Gasteiger partial charge in [0.2, 0.25) is 5.91 Å². The molecule has 10 rings (SSSR count). The number of nitrogens with zero attached hydrogens (tertiary/aromatic N) is 9. The summed E-state index contributed by atoms with van der Waals surface area (Å²) in [6.07, 6.45) is 58.0. The molecule has 0 fully saturated rings. The standard InChI is InChI=1S/4C10H13N.2C9H12N2.C9H15NO.C9H13NO.C9H11NO.C9H14O2/c1-5-9-6-8(7-11-9)10(2,3)4;2*1-5-9-8(6-7-11-9)10(2,3)4;1-5-8-6-7-9(11-8)10(2,3)4;1-5-8-10-6-7(11-8)9(2,3)4;1-5-7-6-8(11-10-7)9(2,3)4;1-9(2,3)10-7-5-4-6-8(10)11;2*1-5-7-6-8(11-10-7)9(2,3)4;1-9(2,3)7-5-4-6-8(10)11-7/h3*1,6H,7H2,2-4H3;1,7H,6H2,2-4H3;2*1,6H,2-4H3,(H,10,11);4,6H,5,7H2,1-3H3;5-6H,1H2,2-4H3;1,6H,2-4H3;4,6-7H,5H2,1-3H3. The molecule has 6 aliphatic heterocycles. The minimum atomic E-state index is -0.212. The minimum absolute atomic E-state index is 0.0118. The van der Waals surface area contributed by atoms with Crippen LogP contribution in [0.5, 0.6) is 0 Å². The van der Waals surface area contributed by atoms with E-state index in [9.17, 15) is 9.59 Å². The molecule has 16 nitrogen and oxygen atoms in total. The average Bonchev–Trinajstić information content (AvgIpc) is 1.11. The molecule has 0 spiro atoms. The summed E-state index contributed by atoms with van der Waals surface area (Å²) in [5.74, 6) is 19.9. The molecular formula is C94H129N11O5. The van der Waals surface area contributed by atoms with E-state index in [1.54, 1.807) is 24.4 Å². The van der Waals surface area contributed by atoms with Crippen molar-refractivity contribution < 1.29 is 23.4 Å². The van der Waals surface area contributed by atoms with Crippen LogP contribution in [0.15, 0.2) is 131 Å². The van der Waals surface area contributed by atoms with Gasteiger partial charge in [-0.3, -0.25) is 24.9 Å². The van der Waals surface area contributed by atoms with E-state index in [0.717, 1.165) is 108 Å². The molecule has 1 unspecified atom stereocenters. The molecule has 110 heavy (non-hydrogen) atoms. The van der Waals surface area contributed by atoms with Gasteiger partial charge in [-0.25, -0.2) is 14.8 Å². The van der Waals surface area contributed by atoms with Crippen LogP contribution in [-0.2, 0) is 36.0 Å². The van der Waals surface area contributed by atoms with E-state index in [-0.39, 0.29) is 72.3 Å². The van der Waals surface area contributed by atoms with Gasteiger partial charge in [-0.1, -0.05) is 264 Å². The number of amides is 1. The number of allylic oxidation sites excluding steroid dienone is 5. The highest BCUT2D eigenvalue weighted by molar-refractivity contribution is 6.15. The average molecular weight is 1490 g/mol. The number of terminal acetylenes is 7. The fourth-order valence-electron chi connectivity index (χ4n) is 9.64. The van der Waals surface area contributed by atoms with Crippen LogP contribution in [-0.4, -0.2) is 108 Å². The van der Waals surface area contributed by atoms with Crippen molar-refractivity contribution >= 4 is 40.8 Å². The molecule has 16 heteroatoms. The monoisotopic (exact) mass is 1490 g/mol. The first-order chi connectivity index (χ1) is 50.3. The largest absolute Gasteiger partial charge is 0.458 e. The van der Waals surface area contributed by atoms with Crippen LogP contribution in [0.2, 0.25) is 0 Å². The van der Waals surface area contributed by atoms with Crippen molar-refractivity contribution in [2.45, 2.75) is 260 Å². The molecule has 6 aliphatic rings. The van der Waals surface area contributed by atoms with Crippen LogP contribution in [0.1, 0.15) is 273 Å². The maximum Gasteiger partial charge on any atom is 0.330 e. The van der Waals surface area contributed by atoms with Gasteiger partial charge in [0.1, 0.15) is 46.1 Å². The Bertz CT molecular complexity index is 4170. The van der Waals surface area contributed by atoms with Crippen LogP contribution >= 0.6 is 0 Å². The summed E-state index contributed by atoms with van der Waals surface area (Å²) >= 11 is 0. The van der Waals surface area contributed by atoms with Crippen molar-refractivity contribution in [3.8, 4) is 86.4 Å². The minimum Gasteiger partial charge on any atom is -0.458 e. The van der Waals surface area contributed by atoms with Gasteiger partial charge >= 0.3 is 5.97 Å². The lowest BCUT2D eigenvalue weighted by Gasteiger charge is -2.36. The van der Waals surface area contributed by atoms with Gasteiger partial charge in [-0.15, -0.1) is 45.0 Å². The first-order valence-electron chi connectivity index (χ1n) is 37.2. The van der Waals surface area contributed by atoms with Gasteiger partial charge in [-0.05, 0) is 102 Å². The van der Waals surface area contributed by atoms with Gasteiger partial charge in [0.15, 0.2) is 11.5 Å². The molecule has 0 aliphatic carbocycles. The SMILES string of the molecule is C#CC1=NC(C(C)(C)C)=CC1.C#CC1=NCC(C(C)(C)C)=C1.C#CC1=NCC=C1C(C)(C)C.C#CC1=NCC=C1C(C)(C)C.C#Cc1cc(C(C)(C)C)n[nH]1.C#Cc1cc(C(C)(C)C)on1.C#Cc1ncc(C(C)(C)C)[nH]1.C=Cc1cc(C(C)(C)C)on1.CC(C)(C)C1CC=CC(=O)O1.CC(C)(C)N1CCC=CC1=O. The van der Waals surface area contributed by atoms with Crippen molar-refractivity contribution in [1.82, 2.24) is 35.4 Å². The molecule has 0 saturated carbocycles. The number of esters is 1. The number of aliphatic imine (C=N–C) groups is 4. The number of hydrogen-bond donors (Lipinski definition) is 2. The Morgan fingerprint density at radius 2 is 1.11 bits per heavy atom. The molecule has 0 radical (unpaired) electrons. The molecule has 590 valence electrons. The van der Waals surface area contributed by atoms with Crippen LogP contribution in [0.3, 0.4) is 0 Å². The third-order valence-corrected chi connectivity index (χ3v) is 16.6. The second-order valence-corrected chi connectivity index (χ2v) is 36.8. The second-order valence-electron chi connectivity index (χ2n) is 36.8. The lowest BCUT2D eigenvalue weighted by molar-refractivity contribution is -0.149. The molecule has 0 aromatic carbocycles. The lowest BCUT2D eigenvalue weighted by atomic mass is 9.84. The molecule has 10 heterocycles. The fourth-order valence-corrected chi connectivity index (χ4v) is 9.64. The number of carbonyl (C=O) groups is 2. The second kappa shape index (κ2) is 41.9. The summed E-state index contributed by atoms with van der Waals surface area (Å²) < 4.78 is 15.3. The number of rotatable bonds is 1. The Morgan fingerprint density at radius 3 is 1.38 bits per heavy atom. The molecule has 0 saturated heterocycles. The highest BCUT2D eigenvalue weighted by Crippen LogP contribution is 2.33. The summed E-state index contributed by atoms with van der Waals surface area (Å²) in [7, 11) is 0. The van der Waals surface area contributed by atoms with Crippen molar-refractivity contribution in [3.63, 3.8) is 0 Å². The molecule has 4 aromatic rings. The van der Waals surface area contributed by atoms with E-state index >= 15 is 0 Å². The highest BCUT2D eigenvalue weighted by Gasteiger charge is 2.30. The zero-order valence-corrected chi connectivity index (χ0v) is 72.3. The highest BCUT2D eigenvalue weighted by atomic mass is 16.5. The summed E-state index contributed by atoms with van der Waals surface area (Å²) in [4.78, 5) is 47.9. The lowest BCUT2D eigenvalue weighted by Crippen LogP contribution is -2.46. The van der Waals surface area contributed by atoms with Crippen LogP contribution in [0.25, 0.3) is 6.08 Å². The Labute approximate surface area is 663 Å². The van der Waals surface area contributed by atoms with Gasteiger partial charge in [0.05, 0.1) is 31.0 Å². The first kappa shape index (κ1) is 97.6. The van der Waals surface area contributed by atoms with E-state index in [2.05, 4.69) is 304 Å². The van der Waals surface area contributed by atoms with Gasteiger partial charge in [-0.2, -0.15) is 5.10 Å². The molecule has 1 amide bonds. The van der Waals surface area contributed by atoms with Gasteiger partial charge in [0.25, 0.3) is 0 Å². The Morgan fingerprint density at radius 1 is 0.564 bits per heavy atom. The summed E-state index contributed by atoms with van der Waals surface area (Å²) in [5.41, 5.74) is 13.2. The summed E-state index contributed by atoms with van der Waals surface area (Å²) in [5, 5.41) is 14.4. The molecule has 0 bridgehead atoms. The molecule has 2 N–H and O–H groups in total. The number of aromatic nitrogens is 6. The van der Waals surface area contributed by atoms with E-state index in [4.69, 9.17) is 58.7 Å². The number of hydrogen-bond acceptors (Lipinski definition) is 13. The van der Waals surface area contributed by atoms with Gasteiger partial charge < -0.3 is 23.7 Å². The third-order valence-electron chi connectivity index (χ3n) is 16.6. The van der Waals surface area contributed by atoms with E-state index in [1.165, 1.54) is 22.8 Å². The normalized spacial score (nSPS) is 15.8. The van der Waals surface area contributed by atoms with Crippen molar-refractivity contribution in [3.05, 3.63) is 148 Å². The smallest absolute Gasteiger partial charge is 0.330 e. The Balaban J connectivity index is 0.000000611. The molecule has 4 aromatic heterocycles. The first-order valence-corrected chi connectivity index (χ1v) is 37.2. The number of imidazole rings is 1. The van der Waals surface area contributed by atoms with Gasteiger partial charge in [0, 0.05) is 87.8 Å². The third kappa shape index (κ3) is 35.3. The number of nitrogens with one attached hydrogen (secondary N) is 2. The van der Waals surface area contributed by atoms with E-state index in [1.807, 2.05) is 56.0 Å².